The third kappa shape index (κ3) is 2.00. The van der Waals surface area contributed by atoms with Gasteiger partial charge in [-0.05, 0) is 19.8 Å². The van der Waals surface area contributed by atoms with Crippen LogP contribution in [0.2, 0.25) is 0 Å². The third-order valence-corrected chi connectivity index (χ3v) is 4.30. The zero-order valence-electron chi connectivity index (χ0n) is 9.14. The van der Waals surface area contributed by atoms with Crippen molar-refractivity contribution in [3.05, 3.63) is 10.5 Å². The summed E-state index contributed by atoms with van der Waals surface area (Å²) in [7, 11) is 0. The van der Waals surface area contributed by atoms with E-state index < -0.39 is 0 Å². The first-order chi connectivity index (χ1) is 7.76. The van der Waals surface area contributed by atoms with Gasteiger partial charge in [-0.1, -0.05) is 18.2 Å². The number of nitrogens with zero attached hydrogens (tertiary/aromatic N) is 3. The molecule has 0 bridgehead atoms. The number of aromatic amines is 1. The van der Waals surface area contributed by atoms with Crippen LogP contribution >= 0.6 is 11.8 Å². The molecule has 1 N–H and O–H groups in total. The first-order valence-corrected chi connectivity index (χ1v) is 6.35. The molecule has 2 unspecified atom stereocenters. The predicted molar refractivity (Wildman–Crippen MR) is 61.1 cm³/mol. The molecule has 0 saturated heterocycles. The molecule has 16 heavy (non-hydrogen) atoms. The molecule has 1 heterocycles. The molecular formula is C10H14N4OS. The van der Waals surface area contributed by atoms with E-state index in [0.717, 1.165) is 19.3 Å². The molecule has 1 aromatic rings. The summed E-state index contributed by atoms with van der Waals surface area (Å²) in [6, 6.07) is 2.33. The van der Waals surface area contributed by atoms with Crippen molar-refractivity contribution in [3.63, 3.8) is 0 Å². The molecular weight excluding hydrogens is 224 g/mol. The lowest BCUT2D eigenvalue weighted by molar-refractivity contribution is 0.652. The summed E-state index contributed by atoms with van der Waals surface area (Å²) in [5, 5.41) is 16.4. The van der Waals surface area contributed by atoms with Crippen molar-refractivity contribution in [1.82, 2.24) is 14.8 Å². The highest BCUT2D eigenvalue weighted by Gasteiger charge is 2.29. The van der Waals surface area contributed by atoms with E-state index >= 15 is 0 Å². The minimum absolute atomic E-state index is 0.0992. The van der Waals surface area contributed by atoms with Crippen molar-refractivity contribution < 1.29 is 0 Å². The van der Waals surface area contributed by atoms with Crippen LogP contribution in [0.25, 0.3) is 0 Å². The Labute approximate surface area is 97.8 Å². The molecule has 0 aliphatic heterocycles. The smallest absolute Gasteiger partial charge is 0.270 e. The molecule has 86 valence electrons. The molecule has 2 atom stereocenters. The summed E-state index contributed by atoms with van der Waals surface area (Å²) in [5.74, 6) is 0.0992. The third-order valence-electron chi connectivity index (χ3n) is 2.91. The van der Waals surface area contributed by atoms with E-state index in [1.165, 1.54) is 0 Å². The van der Waals surface area contributed by atoms with Gasteiger partial charge in [0.15, 0.2) is 5.16 Å². The van der Waals surface area contributed by atoms with E-state index in [1.807, 2.05) is 6.92 Å². The lowest BCUT2D eigenvalue weighted by atomic mass is 10.1. The van der Waals surface area contributed by atoms with Gasteiger partial charge in [-0.15, -0.1) is 5.10 Å². The van der Waals surface area contributed by atoms with Gasteiger partial charge >= 0.3 is 5.69 Å². The normalized spacial score (nSPS) is 24.5. The molecule has 1 aliphatic rings. The van der Waals surface area contributed by atoms with Crippen LogP contribution in [-0.4, -0.2) is 20.0 Å². The van der Waals surface area contributed by atoms with E-state index in [-0.39, 0.29) is 16.9 Å². The van der Waals surface area contributed by atoms with E-state index in [9.17, 15) is 4.79 Å². The van der Waals surface area contributed by atoms with Crippen molar-refractivity contribution >= 4 is 11.8 Å². The van der Waals surface area contributed by atoms with Crippen LogP contribution in [0.4, 0.5) is 0 Å². The van der Waals surface area contributed by atoms with Gasteiger partial charge in [0.1, 0.15) is 0 Å². The van der Waals surface area contributed by atoms with Crippen molar-refractivity contribution in [1.29, 1.82) is 5.26 Å². The maximum atomic E-state index is 11.4. The number of thioether (sulfide) groups is 1. The van der Waals surface area contributed by atoms with Crippen molar-refractivity contribution in [2.45, 2.75) is 43.1 Å². The highest BCUT2D eigenvalue weighted by atomic mass is 32.2. The van der Waals surface area contributed by atoms with Gasteiger partial charge in [0.25, 0.3) is 0 Å². The summed E-state index contributed by atoms with van der Waals surface area (Å²) in [5.41, 5.74) is -0.170. The average Bonchev–Trinajstić information content (AvgIpc) is 2.86. The second kappa shape index (κ2) is 4.74. The van der Waals surface area contributed by atoms with Gasteiger partial charge in [0.2, 0.25) is 0 Å². The van der Waals surface area contributed by atoms with Gasteiger partial charge in [-0.25, -0.2) is 9.89 Å². The number of hydrogen-bond acceptors (Lipinski definition) is 4. The van der Waals surface area contributed by atoms with Crippen LogP contribution in [0, 0.1) is 17.2 Å². The number of rotatable bonds is 3. The SMILES string of the molecule is CCn1c(SC2CCCC2C#N)n[nH]c1=O. The first kappa shape index (κ1) is 11.3. The zero-order valence-corrected chi connectivity index (χ0v) is 9.96. The Hall–Kier alpha value is -1.22. The largest absolute Gasteiger partial charge is 0.343 e. The van der Waals surface area contributed by atoms with Crippen molar-refractivity contribution in [3.8, 4) is 6.07 Å². The molecule has 1 aliphatic carbocycles. The van der Waals surface area contributed by atoms with Gasteiger partial charge in [0.05, 0.1) is 12.0 Å². The number of aromatic nitrogens is 3. The molecule has 0 radical (unpaired) electrons. The Balaban J connectivity index is 2.15. The van der Waals surface area contributed by atoms with E-state index in [4.69, 9.17) is 5.26 Å². The summed E-state index contributed by atoms with van der Waals surface area (Å²) in [6.07, 6.45) is 3.10. The van der Waals surface area contributed by atoms with Gasteiger partial charge < -0.3 is 0 Å². The number of hydrogen-bond donors (Lipinski definition) is 1. The van der Waals surface area contributed by atoms with Gasteiger partial charge in [-0.2, -0.15) is 5.26 Å². The Morgan fingerprint density at radius 1 is 1.69 bits per heavy atom. The fourth-order valence-electron chi connectivity index (χ4n) is 2.02. The molecule has 0 amide bonds. The topological polar surface area (TPSA) is 74.5 Å². The van der Waals surface area contributed by atoms with Gasteiger partial charge in [0, 0.05) is 11.8 Å². The Bertz CT molecular complexity index is 458. The van der Waals surface area contributed by atoms with E-state index in [0.29, 0.717) is 11.7 Å². The fraction of sp³-hybridized carbons (Fsp3) is 0.700. The lowest BCUT2D eigenvalue weighted by Crippen LogP contribution is -2.17. The molecule has 5 nitrogen and oxygen atoms in total. The highest BCUT2D eigenvalue weighted by molar-refractivity contribution is 7.99. The predicted octanol–water partition coefficient (Wildman–Crippen LogP) is 1.38. The van der Waals surface area contributed by atoms with Crippen molar-refractivity contribution in [2.24, 2.45) is 5.92 Å². The van der Waals surface area contributed by atoms with Crippen molar-refractivity contribution in [2.75, 3.05) is 0 Å². The van der Waals surface area contributed by atoms with Crippen LogP contribution in [0.5, 0.6) is 0 Å². The number of H-pyrrole nitrogens is 1. The second-order valence-electron chi connectivity index (χ2n) is 3.88. The standard InChI is InChI=1S/C10H14N4OS/c1-2-14-9(15)12-13-10(14)16-8-5-3-4-7(8)6-11/h7-8H,2-5H2,1H3,(H,12,15). The summed E-state index contributed by atoms with van der Waals surface area (Å²) in [4.78, 5) is 11.4. The van der Waals surface area contributed by atoms with Crippen LogP contribution in [0.15, 0.2) is 9.95 Å². The Morgan fingerprint density at radius 2 is 2.50 bits per heavy atom. The van der Waals surface area contributed by atoms with E-state index in [1.54, 1.807) is 16.3 Å². The minimum Gasteiger partial charge on any atom is -0.270 e. The number of nitriles is 1. The highest BCUT2D eigenvalue weighted by Crippen LogP contribution is 2.37. The Kier molecular flexibility index (Phi) is 3.34. The molecule has 1 aromatic heterocycles. The van der Waals surface area contributed by atoms with Crippen LogP contribution < -0.4 is 5.69 Å². The fourth-order valence-corrected chi connectivity index (χ4v) is 3.38. The lowest BCUT2D eigenvalue weighted by Gasteiger charge is -2.11. The average molecular weight is 238 g/mol. The van der Waals surface area contributed by atoms with Crippen LogP contribution in [0.3, 0.4) is 0 Å². The first-order valence-electron chi connectivity index (χ1n) is 5.47. The zero-order chi connectivity index (χ0) is 11.5. The Morgan fingerprint density at radius 3 is 3.19 bits per heavy atom. The summed E-state index contributed by atoms with van der Waals surface area (Å²) in [6.45, 7) is 2.53. The molecule has 6 heteroatoms. The molecule has 2 rings (SSSR count). The molecule has 1 saturated carbocycles. The maximum Gasteiger partial charge on any atom is 0.343 e. The molecule has 0 aromatic carbocycles. The van der Waals surface area contributed by atoms with Crippen LogP contribution in [0.1, 0.15) is 26.2 Å². The monoisotopic (exact) mass is 238 g/mol. The maximum absolute atomic E-state index is 11.4. The second-order valence-corrected chi connectivity index (χ2v) is 5.08. The van der Waals surface area contributed by atoms with Crippen LogP contribution in [-0.2, 0) is 6.54 Å². The quantitative estimate of drug-likeness (QED) is 0.863. The minimum atomic E-state index is -0.170. The van der Waals surface area contributed by atoms with E-state index in [2.05, 4.69) is 16.3 Å². The number of nitrogens with one attached hydrogen (secondary N) is 1. The molecule has 0 spiro atoms. The van der Waals surface area contributed by atoms with Gasteiger partial charge in [-0.3, -0.25) is 4.57 Å². The summed E-state index contributed by atoms with van der Waals surface area (Å²) < 4.78 is 1.61. The summed E-state index contributed by atoms with van der Waals surface area (Å²) >= 11 is 1.55. The molecule has 1 fully saturated rings.